The molecule has 1 fully saturated rings. The number of hydrogen-bond acceptors (Lipinski definition) is 5. The van der Waals surface area contributed by atoms with E-state index in [0.29, 0.717) is 12.3 Å². The fourth-order valence-electron chi connectivity index (χ4n) is 4.19. The molecule has 6 nitrogen and oxygen atoms in total. The van der Waals surface area contributed by atoms with E-state index < -0.39 is 0 Å². The van der Waals surface area contributed by atoms with Crippen LogP contribution in [0.25, 0.3) is 11.4 Å². The van der Waals surface area contributed by atoms with Gasteiger partial charge < -0.3 is 14.4 Å². The molecule has 0 atom stereocenters. The lowest BCUT2D eigenvalue weighted by Crippen LogP contribution is -2.29. The fraction of sp³-hybridized carbons (Fsp3) is 0.400. The molecule has 7 heteroatoms. The summed E-state index contributed by atoms with van der Waals surface area (Å²) in [6, 6.07) is 16.6. The summed E-state index contributed by atoms with van der Waals surface area (Å²) in [5, 5.41) is 9.59. The van der Waals surface area contributed by atoms with Gasteiger partial charge in [-0.25, -0.2) is 0 Å². The van der Waals surface area contributed by atoms with E-state index in [0.717, 1.165) is 36.2 Å². The number of nitrogens with zero attached hydrogens (tertiary/aromatic N) is 5. The molecule has 2 aromatic carbocycles. The number of rotatable bonds is 8. The maximum Gasteiger partial charge on any atom is 0.233 e. The van der Waals surface area contributed by atoms with Crippen LogP contribution in [0.15, 0.2) is 53.7 Å². The van der Waals surface area contributed by atoms with Gasteiger partial charge in [0.25, 0.3) is 0 Å². The van der Waals surface area contributed by atoms with E-state index >= 15 is 0 Å². The van der Waals surface area contributed by atoms with Gasteiger partial charge in [-0.2, -0.15) is 0 Å². The lowest BCUT2D eigenvalue weighted by atomic mass is 10.1. The zero-order chi connectivity index (χ0) is 22.5. The molecule has 32 heavy (non-hydrogen) atoms. The highest BCUT2D eigenvalue weighted by Crippen LogP contribution is 2.28. The Hall–Kier alpha value is -2.80. The number of hydrogen-bond donors (Lipinski definition) is 0. The van der Waals surface area contributed by atoms with Crippen LogP contribution in [0.1, 0.15) is 30.9 Å². The highest BCUT2D eigenvalue weighted by atomic mass is 32.2. The van der Waals surface area contributed by atoms with Crippen molar-refractivity contribution in [2.75, 3.05) is 30.8 Å². The first-order chi connectivity index (χ1) is 15.6. The van der Waals surface area contributed by atoms with Gasteiger partial charge in [-0.15, -0.1) is 10.2 Å². The van der Waals surface area contributed by atoms with E-state index in [1.54, 1.807) is 0 Å². The normalized spacial score (nSPS) is 13.5. The van der Waals surface area contributed by atoms with Crippen LogP contribution >= 0.6 is 11.8 Å². The van der Waals surface area contributed by atoms with Crippen LogP contribution in [-0.4, -0.2) is 51.5 Å². The Labute approximate surface area is 194 Å². The van der Waals surface area contributed by atoms with E-state index in [1.165, 1.54) is 41.4 Å². The minimum atomic E-state index is 0.0920. The molecule has 0 aliphatic carbocycles. The molecule has 3 aromatic rings. The second kappa shape index (κ2) is 10.2. The van der Waals surface area contributed by atoms with Crippen LogP contribution in [0.2, 0.25) is 0 Å². The predicted molar refractivity (Wildman–Crippen MR) is 131 cm³/mol. The Morgan fingerprint density at radius 1 is 1.06 bits per heavy atom. The summed E-state index contributed by atoms with van der Waals surface area (Å²) in [7, 11) is 1.88. The molecule has 0 N–H and O–H groups in total. The third-order valence-corrected chi connectivity index (χ3v) is 6.97. The van der Waals surface area contributed by atoms with Crippen molar-refractivity contribution in [3.8, 4) is 11.4 Å². The number of para-hydroxylation sites is 1. The monoisotopic (exact) mass is 449 g/mol. The first-order valence-electron chi connectivity index (χ1n) is 11.3. The van der Waals surface area contributed by atoms with Gasteiger partial charge in [-0.1, -0.05) is 54.2 Å². The summed E-state index contributed by atoms with van der Waals surface area (Å²) in [5.41, 5.74) is 4.70. The molecule has 0 spiro atoms. The maximum atomic E-state index is 12.9. The first kappa shape index (κ1) is 22.4. The van der Waals surface area contributed by atoms with Crippen LogP contribution in [0.5, 0.6) is 0 Å². The number of amides is 1. The number of aryl methyl sites for hydroxylation is 1. The summed E-state index contributed by atoms with van der Waals surface area (Å²) in [5.74, 6) is 1.29. The maximum absolute atomic E-state index is 12.9. The molecular weight excluding hydrogens is 418 g/mol. The number of thioether (sulfide) groups is 1. The van der Waals surface area contributed by atoms with E-state index in [1.807, 2.05) is 24.1 Å². The van der Waals surface area contributed by atoms with Crippen molar-refractivity contribution in [2.24, 2.45) is 0 Å². The summed E-state index contributed by atoms with van der Waals surface area (Å²) in [6.07, 6.45) is 2.48. The molecule has 2 heterocycles. The third kappa shape index (κ3) is 4.83. The summed E-state index contributed by atoms with van der Waals surface area (Å²) >= 11 is 1.46. The van der Waals surface area contributed by atoms with Crippen LogP contribution in [0.3, 0.4) is 0 Å². The van der Waals surface area contributed by atoms with E-state index in [-0.39, 0.29) is 5.91 Å². The summed E-state index contributed by atoms with van der Waals surface area (Å²) in [4.78, 5) is 17.2. The number of aromatic nitrogens is 3. The number of carbonyl (C=O) groups excluding carboxylic acids is 1. The molecular formula is C25H31N5OS. The summed E-state index contributed by atoms with van der Waals surface area (Å²) < 4.78 is 2.09. The molecule has 0 saturated carbocycles. The first-order valence-corrected chi connectivity index (χ1v) is 12.3. The number of anilines is 1. The predicted octanol–water partition coefficient (Wildman–Crippen LogP) is 4.62. The molecule has 0 bridgehead atoms. The molecule has 0 unspecified atom stereocenters. The Kier molecular flexibility index (Phi) is 7.15. The number of benzene rings is 2. The van der Waals surface area contributed by atoms with Gasteiger partial charge >= 0.3 is 0 Å². The molecule has 168 valence electrons. The van der Waals surface area contributed by atoms with Crippen molar-refractivity contribution in [3.05, 3.63) is 59.7 Å². The van der Waals surface area contributed by atoms with E-state index in [2.05, 4.69) is 69.9 Å². The van der Waals surface area contributed by atoms with E-state index in [9.17, 15) is 4.79 Å². The smallest absolute Gasteiger partial charge is 0.233 e. The topological polar surface area (TPSA) is 54.3 Å². The quantitative estimate of drug-likeness (QED) is 0.470. The van der Waals surface area contributed by atoms with Gasteiger partial charge in [0.2, 0.25) is 5.91 Å². The van der Waals surface area contributed by atoms with Crippen LogP contribution in [-0.2, 0) is 17.9 Å². The minimum absolute atomic E-state index is 0.0920. The van der Waals surface area contributed by atoms with Crippen molar-refractivity contribution in [2.45, 2.75) is 44.9 Å². The van der Waals surface area contributed by atoms with Gasteiger partial charge in [0.1, 0.15) is 0 Å². The van der Waals surface area contributed by atoms with Gasteiger partial charge in [0, 0.05) is 44.5 Å². The van der Waals surface area contributed by atoms with Crippen LogP contribution < -0.4 is 4.90 Å². The van der Waals surface area contributed by atoms with Crippen LogP contribution in [0.4, 0.5) is 5.69 Å². The molecule has 1 amide bonds. The molecule has 1 aliphatic rings. The van der Waals surface area contributed by atoms with Crippen molar-refractivity contribution in [3.63, 3.8) is 0 Å². The van der Waals surface area contributed by atoms with Gasteiger partial charge in [-0.05, 0) is 43.9 Å². The van der Waals surface area contributed by atoms with Crippen molar-refractivity contribution in [1.82, 2.24) is 19.7 Å². The average Bonchev–Trinajstić information content (AvgIpc) is 3.48. The number of carbonyl (C=O) groups is 1. The SMILES string of the molecule is CCn1c(SCC(=O)N(C)Cc2ccccc2N2CCCC2)nnc1-c1ccccc1C. The molecule has 1 aromatic heterocycles. The third-order valence-electron chi connectivity index (χ3n) is 6.02. The Balaban J connectivity index is 1.42. The zero-order valence-corrected chi connectivity index (χ0v) is 19.9. The van der Waals surface area contributed by atoms with Crippen molar-refractivity contribution < 1.29 is 4.79 Å². The van der Waals surface area contributed by atoms with E-state index in [4.69, 9.17) is 0 Å². The van der Waals surface area contributed by atoms with Gasteiger partial charge in [0.15, 0.2) is 11.0 Å². The fourth-order valence-corrected chi connectivity index (χ4v) is 5.14. The average molecular weight is 450 g/mol. The molecule has 1 aliphatic heterocycles. The lowest BCUT2D eigenvalue weighted by Gasteiger charge is -2.24. The largest absolute Gasteiger partial charge is 0.371 e. The minimum Gasteiger partial charge on any atom is -0.371 e. The van der Waals surface area contributed by atoms with Crippen molar-refractivity contribution >= 4 is 23.4 Å². The Morgan fingerprint density at radius 3 is 2.53 bits per heavy atom. The molecule has 0 radical (unpaired) electrons. The van der Waals surface area contributed by atoms with Crippen LogP contribution in [0, 0.1) is 6.92 Å². The zero-order valence-electron chi connectivity index (χ0n) is 19.1. The standard InChI is InChI=1S/C25H31N5OS/c1-4-30-24(21-13-7-5-11-19(21)2)26-27-25(30)32-18-23(31)28(3)17-20-12-6-8-14-22(20)29-15-9-10-16-29/h5-8,11-14H,4,9-10,15-18H2,1-3H3. The van der Waals surface area contributed by atoms with Gasteiger partial charge in [0.05, 0.1) is 5.75 Å². The molecule has 4 rings (SSSR count). The second-order valence-corrected chi connectivity index (χ2v) is 9.17. The Morgan fingerprint density at radius 2 is 1.78 bits per heavy atom. The van der Waals surface area contributed by atoms with Crippen molar-refractivity contribution in [1.29, 1.82) is 0 Å². The summed E-state index contributed by atoms with van der Waals surface area (Å²) in [6.45, 7) is 7.72. The highest BCUT2D eigenvalue weighted by molar-refractivity contribution is 7.99. The second-order valence-electron chi connectivity index (χ2n) is 8.23. The lowest BCUT2D eigenvalue weighted by molar-refractivity contribution is -0.127. The molecule has 1 saturated heterocycles. The van der Waals surface area contributed by atoms with Gasteiger partial charge in [-0.3, -0.25) is 4.79 Å². The highest BCUT2D eigenvalue weighted by Gasteiger charge is 2.19. The Bertz CT molecular complexity index is 1070.